The zero-order chi connectivity index (χ0) is 45.1. The number of aromatic nitrogens is 3. The first-order chi connectivity index (χ1) is 30.5. The lowest BCUT2D eigenvalue weighted by atomic mass is 9.83. The Bertz CT molecular complexity index is 3120. The number of hydrogen-bond donors (Lipinski definition) is 1. The number of aryl methyl sites for hydroxylation is 1. The maximum atomic E-state index is 11.8. The van der Waals surface area contributed by atoms with Crippen molar-refractivity contribution in [2.75, 3.05) is 4.90 Å². The molecular formula is C59H58N4O. The predicted octanol–water partition coefficient (Wildman–Crippen LogP) is 16.0. The molecule has 64 heavy (non-hydrogen) atoms. The minimum atomic E-state index is -0.153. The molecule has 0 unspecified atom stereocenters. The number of phenolic OH excluding ortho intramolecular Hbond substituents is 1. The number of para-hydroxylation sites is 2. The molecule has 5 nitrogen and oxygen atoms in total. The van der Waals surface area contributed by atoms with E-state index in [0.29, 0.717) is 11.4 Å². The van der Waals surface area contributed by atoms with Crippen LogP contribution in [0.15, 0.2) is 164 Å². The molecular weight excluding hydrogens is 781 g/mol. The van der Waals surface area contributed by atoms with E-state index < -0.39 is 0 Å². The van der Waals surface area contributed by atoms with E-state index in [1.54, 1.807) is 0 Å². The molecule has 5 heteroatoms. The van der Waals surface area contributed by atoms with E-state index in [1.807, 2.05) is 18.3 Å². The van der Waals surface area contributed by atoms with Crippen molar-refractivity contribution in [3.8, 4) is 45.1 Å². The van der Waals surface area contributed by atoms with Crippen LogP contribution in [0.3, 0.4) is 0 Å². The van der Waals surface area contributed by atoms with Gasteiger partial charge >= 0.3 is 0 Å². The molecule has 0 radical (unpaired) electrons. The Hall–Kier alpha value is -6.98. The molecule has 0 bridgehead atoms. The molecule has 0 aliphatic rings. The molecule has 0 saturated heterocycles. The van der Waals surface area contributed by atoms with Gasteiger partial charge in [-0.15, -0.1) is 0 Å². The zero-order valence-corrected chi connectivity index (χ0v) is 38.8. The van der Waals surface area contributed by atoms with E-state index in [9.17, 15) is 5.11 Å². The molecule has 9 aromatic rings. The minimum Gasteiger partial charge on any atom is -0.507 e. The van der Waals surface area contributed by atoms with Gasteiger partial charge in [-0.2, -0.15) is 0 Å². The fraction of sp³-hybridized carbons (Fsp3) is 0.220. The van der Waals surface area contributed by atoms with Gasteiger partial charge in [0.25, 0.3) is 0 Å². The third-order valence-corrected chi connectivity index (χ3v) is 12.5. The van der Waals surface area contributed by atoms with Crippen molar-refractivity contribution in [2.24, 2.45) is 0 Å². The Morgan fingerprint density at radius 3 is 1.64 bits per heavy atom. The fourth-order valence-corrected chi connectivity index (χ4v) is 8.74. The van der Waals surface area contributed by atoms with Gasteiger partial charge in [-0.25, -0.2) is 4.98 Å². The predicted molar refractivity (Wildman–Crippen MR) is 270 cm³/mol. The van der Waals surface area contributed by atoms with E-state index in [4.69, 9.17) is 9.97 Å². The van der Waals surface area contributed by atoms with Crippen LogP contribution in [0.5, 0.6) is 5.75 Å². The molecule has 0 aliphatic carbocycles. The molecule has 0 aliphatic heterocycles. The summed E-state index contributed by atoms with van der Waals surface area (Å²) in [6.45, 7) is 22.3. The normalized spacial score (nSPS) is 12.3. The van der Waals surface area contributed by atoms with Gasteiger partial charge < -0.3 is 10.0 Å². The van der Waals surface area contributed by atoms with Gasteiger partial charge in [0.15, 0.2) is 0 Å². The van der Waals surface area contributed by atoms with Gasteiger partial charge in [0.1, 0.15) is 11.6 Å². The first-order valence-electron chi connectivity index (χ1n) is 22.4. The summed E-state index contributed by atoms with van der Waals surface area (Å²) in [6.07, 6.45) is 1.92. The number of phenols is 1. The Morgan fingerprint density at radius 2 is 1.05 bits per heavy atom. The monoisotopic (exact) mass is 838 g/mol. The van der Waals surface area contributed by atoms with Crippen LogP contribution in [0.1, 0.15) is 84.6 Å². The Morgan fingerprint density at radius 1 is 0.484 bits per heavy atom. The summed E-state index contributed by atoms with van der Waals surface area (Å²) in [5, 5.41) is 13.0. The second-order valence-corrected chi connectivity index (χ2v) is 20.3. The molecule has 2 heterocycles. The van der Waals surface area contributed by atoms with Crippen molar-refractivity contribution in [3.05, 3.63) is 186 Å². The van der Waals surface area contributed by atoms with Gasteiger partial charge in [-0.1, -0.05) is 135 Å². The van der Waals surface area contributed by atoms with Gasteiger partial charge in [-0.3, -0.25) is 9.55 Å². The highest BCUT2D eigenvalue weighted by Crippen LogP contribution is 2.45. The number of anilines is 3. The maximum absolute atomic E-state index is 11.8. The number of fused-ring (bicyclic) bond motifs is 2. The van der Waals surface area contributed by atoms with E-state index >= 15 is 0 Å². The molecule has 0 amide bonds. The minimum absolute atomic E-state index is 0.0269. The van der Waals surface area contributed by atoms with Crippen LogP contribution >= 0.6 is 0 Å². The Balaban J connectivity index is 1.39. The lowest BCUT2D eigenvalue weighted by Crippen LogP contribution is -2.12. The molecule has 7 aromatic carbocycles. The van der Waals surface area contributed by atoms with Crippen LogP contribution in [-0.2, 0) is 16.2 Å². The number of hydrogen-bond acceptors (Lipinski definition) is 4. The first kappa shape index (κ1) is 42.3. The third-order valence-electron chi connectivity index (χ3n) is 12.5. The van der Waals surface area contributed by atoms with E-state index in [1.165, 1.54) is 22.1 Å². The average Bonchev–Trinajstić information content (AvgIpc) is 3.65. The van der Waals surface area contributed by atoms with Crippen molar-refractivity contribution in [1.29, 1.82) is 0 Å². The quantitative estimate of drug-likeness (QED) is 0.174. The second-order valence-electron chi connectivity index (χ2n) is 20.3. The van der Waals surface area contributed by atoms with Crippen molar-refractivity contribution < 1.29 is 5.11 Å². The lowest BCUT2D eigenvalue weighted by molar-refractivity contribution is 0.475. The van der Waals surface area contributed by atoms with E-state index in [-0.39, 0.29) is 22.0 Å². The molecule has 9 rings (SSSR count). The number of nitrogens with zero attached hydrogens (tertiary/aromatic N) is 4. The molecule has 0 spiro atoms. The summed E-state index contributed by atoms with van der Waals surface area (Å²) in [5.74, 6) is 0.856. The van der Waals surface area contributed by atoms with Crippen molar-refractivity contribution in [1.82, 2.24) is 14.5 Å². The van der Waals surface area contributed by atoms with Gasteiger partial charge in [0.2, 0.25) is 0 Å². The molecule has 320 valence electrons. The highest BCUT2D eigenvalue weighted by atomic mass is 16.3. The lowest BCUT2D eigenvalue weighted by Gasteiger charge is -2.26. The van der Waals surface area contributed by atoms with Crippen LogP contribution in [0.25, 0.3) is 61.3 Å². The van der Waals surface area contributed by atoms with Crippen LogP contribution < -0.4 is 4.90 Å². The summed E-state index contributed by atoms with van der Waals surface area (Å²) < 4.78 is 2.24. The van der Waals surface area contributed by atoms with Crippen LogP contribution in [0.2, 0.25) is 0 Å². The summed E-state index contributed by atoms with van der Waals surface area (Å²) in [4.78, 5) is 12.9. The summed E-state index contributed by atoms with van der Waals surface area (Å²) in [7, 11) is 0. The number of benzene rings is 7. The van der Waals surface area contributed by atoms with Crippen LogP contribution in [0, 0.1) is 6.92 Å². The largest absolute Gasteiger partial charge is 0.507 e. The maximum Gasteiger partial charge on any atom is 0.149 e. The fourth-order valence-electron chi connectivity index (χ4n) is 8.74. The van der Waals surface area contributed by atoms with Crippen molar-refractivity contribution >= 4 is 39.0 Å². The molecule has 1 N–H and O–H groups in total. The van der Waals surface area contributed by atoms with E-state index in [0.717, 1.165) is 67.1 Å². The summed E-state index contributed by atoms with van der Waals surface area (Å²) in [5.41, 5.74) is 16.2. The molecule has 2 aromatic heterocycles. The number of pyridine rings is 1. The number of imidazole rings is 1. The summed E-state index contributed by atoms with van der Waals surface area (Å²) in [6, 6.07) is 56.0. The first-order valence-corrected chi connectivity index (χ1v) is 22.4. The highest BCUT2D eigenvalue weighted by Gasteiger charge is 2.26. The van der Waals surface area contributed by atoms with Crippen LogP contribution in [0.4, 0.5) is 17.1 Å². The highest BCUT2D eigenvalue weighted by molar-refractivity contribution is 6.02. The summed E-state index contributed by atoms with van der Waals surface area (Å²) >= 11 is 0. The van der Waals surface area contributed by atoms with Crippen molar-refractivity contribution in [3.63, 3.8) is 0 Å². The van der Waals surface area contributed by atoms with Gasteiger partial charge in [0.05, 0.1) is 22.1 Å². The molecule has 0 atom stereocenters. The molecule has 0 saturated carbocycles. The standard InChI is InChI=1S/C59H58N4O/c1-38-30-31-60-54-48(38)34-43(59(8,9)10)35-49(54)39-18-17-19-40(32-39)50-36-47(62(44-20-13-11-14-21-44)45-22-15-12-16-23-45)37-52-55(50)61-56(51-33-42(58(5,6)7)26-29-53(51)64)63(52)46-27-24-41(25-28-46)57(2,3)4/h11-37,64H,1-10H3. The average molecular weight is 839 g/mol. The van der Waals surface area contributed by atoms with Crippen LogP contribution in [-0.4, -0.2) is 19.6 Å². The third kappa shape index (κ3) is 7.96. The topological polar surface area (TPSA) is 54.2 Å². The molecule has 0 fully saturated rings. The zero-order valence-electron chi connectivity index (χ0n) is 38.8. The smallest absolute Gasteiger partial charge is 0.149 e. The Labute approximate surface area is 378 Å². The van der Waals surface area contributed by atoms with E-state index in [2.05, 4.69) is 224 Å². The SMILES string of the molecule is Cc1ccnc2c(-c3cccc(-c4cc(N(c5ccccc5)c5ccccc5)cc5c4nc(-c4cc(C(C)(C)C)ccc4O)n5-c4ccc(C(C)(C)C)cc4)c3)cc(C(C)(C)C)cc12. The number of rotatable bonds is 7. The van der Waals surface area contributed by atoms with Gasteiger partial charge in [-0.05, 0) is 141 Å². The van der Waals surface area contributed by atoms with Crippen molar-refractivity contribution in [2.45, 2.75) is 85.5 Å². The second kappa shape index (κ2) is 16.0. The number of aromatic hydroxyl groups is 1. The van der Waals surface area contributed by atoms with Gasteiger partial charge in [0, 0.05) is 45.5 Å². The Kier molecular flexibility index (Phi) is 10.6.